The number of sulfone groups is 1. The highest BCUT2D eigenvalue weighted by molar-refractivity contribution is 7.90. The minimum Gasteiger partial charge on any atom is -0.492 e. The van der Waals surface area contributed by atoms with Gasteiger partial charge in [0.2, 0.25) is 0 Å². The molecule has 108 valence electrons. The van der Waals surface area contributed by atoms with Crippen molar-refractivity contribution in [1.82, 2.24) is 10.2 Å². The van der Waals surface area contributed by atoms with Crippen LogP contribution in [0.5, 0.6) is 11.5 Å². The Balaban J connectivity index is 2.78. The Bertz CT molecular complexity index is 737. The summed E-state index contributed by atoms with van der Waals surface area (Å²) in [7, 11) is -0.615. The number of H-pyrrole nitrogens is 1. The zero-order valence-corrected chi connectivity index (χ0v) is 12.1. The van der Waals surface area contributed by atoms with Crippen molar-refractivity contribution in [3.05, 3.63) is 18.3 Å². The van der Waals surface area contributed by atoms with Gasteiger partial charge in [-0.05, 0) is 12.1 Å². The van der Waals surface area contributed by atoms with Gasteiger partial charge in [0, 0.05) is 17.4 Å². The van der Waals surface area contributed by atoms with Crippen molar-refractivity contribution in [2.24, 2.45) is 0 Å². The SMILES string of the molecule is COc1c(-c2cn[nH]c2N)ccc(S(C)(=O)=O)c1OC. The summed E-state index contributed by atoms with van der Waals surface area (Å²) in [6, 6.07) is 3.07. The number of anilines is 1. The molecular weight excluding hydrogens is 282 g/mol. The summed E-state index contributed by atoms with van der Waals surface area (Å²) >= 11 is 0. The standard InChI is InChI=1S/C12H15N3O4S/c1-18-10-7(8-6-14-15-12(8)13)4-5-9(11(10)19-2)20(3,16)17/h4-6H,1-3H3,(H3,13,14,15). The summed E-state index contributed by atoms with van der Waals surface area (Å²) in [5, 5.41) is 6.45. The van der Waals surface area contributed by atoms with E-state index in [1.807, 2.05) is 0 Å². The average Bonchev–Trinajstić information content (AvgIpc) is 2.81. The monoisotopic (exact) mass is 297 g/mol. The quantitative estimate of drug-likeness (QED) is 0.874. The lowest BCUT2D eigenvalue weighted by atomic mass is 10.1. The van der Waals surface area contributed by atoms with E-state index in [-0.39, 0.29) is 10.6 Å². The molecule has 0 saturated heterocycles. The molecule has 0 atom stereocenters. The van der Waals surface area contributed by atoms with E-state index in [1.165, 1.54) is 26.5 Å². The Morgan fingerprint density at radius 1 is 1.15 bits per heavy atom. The van der Waals surface area contributed by atoms with Gasteiger partial charge in [-0.2, -0.15) is 5.10 Å². The lowest BCUT2D eigenvalue weighted by molar-refractivity contribution is 0.348. The maximum atomic E-state index is 11.8. The highest BCUT2D eigenvalue weighted by Gasteiger charge is 2.23. The first kappa shape index (κ1) is 14.2. The molecule has 0 aliphatic carbocycles. The summed E-state index contributed by atoms with van der Waals surface area (Å²) in [5.74, 6) is 0.800. The molecule has 7 nitrogen and oxygen atoms in total. The smallest absolute Gasteiger partial charge is 0.180 e. The largest absolute Gasteiger partial charge is 0.492 e. The first-order valence-electron chi connectivity index (χ1n) is 5.64. The van der Waals surface area contributed by atoms with E-state index in [2.05, 4.69) is 10.2 Å². The summed E-state index contributed by atoms with van der Waals surface area (Å²) in [6.07, 6.45) is 2.64. The van der Waals surface area contributed by atoms with Crippen LogP contribution in [-0.2, 0) is 9.84 Å². The summed E-state index contributed by atoms with van der Waals surface area (Å²) in [4.78, 5) is 0.0580. The molecule has 0 aliphatic rings. The maximum absolute atomic E-state index is 11.8. The van der Waals surface area contributed by atoms with Crippen molar-refractivity contribution in [3.63, 3.8) is 0 Å². The van der Waals surface area contributed by atoms with Crippen LogP contribution >= 0.6 is 0 Å². The number of aromatic amines is 1. The molecule has 0 radical (unpaired) electrons. The summed E-state index contributed by atoms with van der Waals surface area (Å²) < 4.78 is 34.0. The molecule has 0 saturated carbocycles. The number of nitrogens with two attached hydrogens (primary N) is 1. The normalized spacial score (nSPS) is 11.3. The van der Waals surface area contributed by atoms with Gasteiger partial charge in [-0.1, -0.05) is 0 Å². The van der Waals surface area contributed by atoms with Crippen LogP contribution in [0.25, 0.3) is 11.1 Å². The highest BCUT2D eigenvalue weighted by Crippen LogP contribution is 2.43. The van der Waals surface area contributed by atoms with Crippen molar-refractivity contribution < 1.29 is 17.9 Å². The fourth-order valence-corrected chi connectivity index (χ4v) is 2.78. The van der Waals surface area contributed by atoms with Crippen molar-refractivity contribution in [2.45, 2.75) is 4.90 Å². The fraction of sp³-hybridized carbons (Fsp3) is 0.250. The van der Waals surface area contributed by atoms with Gasteiger partial charge in [0.15, 0.2) is 21.3 Å². The molecule has 0 aliphatic heterocycles. The van der Waals surface area contributed by atoms with Crippen LogP contribution < -0.4 is 15.2 Å². The molecular formula is C12H15N3O4S. The van der Waals surface area contributed by atoms with Crippen LogP contribution in [0, 0.1) is 0 Å². The maximum Gasteiger partial charge on any atom is 0.180 e. The molecule has 0 spiro atoms. The van der Waals surface area contributed by atoms with Crippen LogP contribution in [0.15, 0.2) is 23.2 Å². The number of aromatic nitrogens is 2. The Hall–Kier alpha value is -2.22. The van der Waals surface area contributed by atoms with Gasteiger partial charge < -0.3 is 15.2 Å². The Morgan fingerprint density at radius 2 is 1.80 bits per heavy atom. The van der Waals surface area contributed by atoms with Crippen LogP contribution in [0.3, 0.4) is 0 Å². The van der Waals surface area contributed by atoms with Crippen molar-refractivity contribution >= 4 is 15.7 Å². The number of nitrogens with zero attached hydrogens (tertiary/aromatic N) is 1. The van der Waals surface area contributed by atoms with Crippen LogP contribution in [0.4, 0.5) is 5.82 Å². The molecule has 0 fully saturated rings. The molecule has 0 unspecified atom stereocenters. The number of hydrogen-bond donors (Lipinski definition) is 2. The molecule has 3 N–H and O–H groups in total. The van der Waals surface area contributed by atoms with E-state index in [9.17, 15) is 8.42 Å². The third-order valence-corrected chi connectivity index (χ3v) is 3.96. The third kappa shape index (κ3) is 2.29. The fourth-order valence-electron chi connectivity index (χ4n) is 1.96. The number of ether oxygens (including phenoxy) is 2. The van der Waals surface area contributed by atoms with Gasteiger partial charge in [0.1, 0.15) is 10.7 Å². The van der Waals surface area contributed by atoms with Crippen LogP contribution in [0.2, 0.25) is 0 Å². The number of methoxy groups -OCH3 is 2. The van der Waals surface area contributed by atoms with E-state index >= 15 is 0 Å². The van der Waals surface area contributed by atoms with E-state index < -0.39 is 9.84 Å². The average molecular weight is 297 g/mol. The molecule has 1 heterocycles. The number of benzene rings is 1. The molecule has 1 aromatic heterocycles. The molecule has 0 amide bonds. The van der Waals surface area contributed by atoms with Crippen molar-refractivity contribution in [1.29, 1.82) is 0 Å². The number of hydrogen-bond acceptors (Lipinski definition) is 6. The van der Waals surface area contributed by atoms with Crippen LogP contribution in [0.1, 0.15) is 0 Å². The Morgan fingerprint density at radius 3 is 2.25 bits per heavy atom. The van der Waals surface area contributed by atoms with Gasteiger partial charge in [-0.15, -0.1) is 0 Å². The topological polar surface area (TPSA) is 107 Å². The third-order valence-electron chi connectivity index (χ3n) is 2.84. The van der Waals surface area contributed by atoms with Gasteiger partial charge in [0.25, 0.3) is 0 Å². The molecule has 8 heteroatoms. The predicted molar refractivity (Wildman–Crippen MR) is 74.6 cm³/mol. The minimum atomic E-state index is -3.43. The highest BCUT2D eigenvalue weighted by atomic mass is 32.2. The Kier molecular flexibility index (Phi) is 3.58. The van der Waals surface area contributed by atoms with E-state index in [0.29, 0.717) is 22.7 Å². The molecule has 1 aromatic carbocycles. The van der Waals surface area contributed by atoms with Gasteiger partial charge in [0.05, 0.1) is 20.4 Å². The molecule has 2 aromatic rings. The van der Waals surface area contributed by atoms with Crippen molar-refractivity contribution in [2.75, 3.05) is 26.2 Å². The summed E-state index contributed by atoms with van der Waals surface area (Å²) in [5.41, 5.74) is 6.99. The van der Waals surface area contributed by atoms with E-state index in [4.69, 9.17) is 15.2 Å². The van der Waals surface area contributed by atoms with Gasteiger partial charge in [-0.25, -0.2) is 8.42 Å². The van der Waals surface area contributed by atoms with Crippen LogP contribution in [-0.4, -0.2) is 39.1 Å². The van der Waals surface area contributed by atoms with E-state index in [0.717, 1.165) is 6.26 Å². The summed E-state index contributed by atoms with van der Waals surface area (Å²) in [6.45, 7) is 0. The molecule has 0 bridgehead atoms. The number of nitrogen functional groups attached to an aromatic ring is 1. The molecule has 20 heavy (non-hydrogen) atoms. The number of rotatable bonds is 4. The second-order valence-corrected chi connectivity index (χ2v) is 6.13. The second kappa shape index (κ2) is 5.04. The lowest BCUT2D eigenvalue weighted by Crippen LogP contribution is -2.03. The first-order valence-corrected chi connectivity index (χ1v) is 7.53. The molecule has 2 rings (SSSR count). The predicted octanol–water partition coefficient (Wildman–Crippen LogP) is 1.08. The van der Waals surface area contributed by atoms with Gasteiger partial charge in [-0.3, -0.25) is 5.10 Å². The van der Waals surface area contributed by atoms with Gasteiger partial charge >= 0.3 is 0 Å². The zero-order valence-electron chi connectivity index (χ0n) is 11.3. The first-order chi connectivity index (χ1) is 9.40. The minimum absolute atomic E-state index is 0.0580. The number of nitrogens with one attached hydrogen (secondary N) is 1. The van der Waals surface area contributed by atoms with E-state index in [1.54, 1.807) is 6.07 Å². The Labute approximate surface area is 116 Å². The van der Waals surface area contributed by atoms with Crippen molar-refractivity contribution in [3.8, 4) is 22.6 Å². The second-order valence-electron chi connectivity index (χ2n) is 4.15. The zero-order chi connectivity index (χ0) is 14.9. The lowest BCUT2D eigenvalue weighted by Gasteiger charge is -2.15.